The SMILES string of the molecule is FC(F)Oc1ccccc1CNCc1cccc2c1OCCO2. The van der Waals surface area contributed by atoms with Crippen LogP contribution >= 0.6 is 0 Å². The van der Waals surface area contributed by atoms with Crippen molar-refractivity contribution in [2.45, 2.75) is 19.7 Å². The number of halogens is 2. The number of hydrogen-bond donors (Lipinski definition) is 1. The lowest BCUT2D eigenvalue weighted by Gasteiger charge is -2.21. The standard InChI is InChI=1S/C17H17F2NO3/c18-17(19)23-14-6-2-1-4-12(14)10-20-11-13-5-3-7-15-16(13)22-9-8-21-15/h1-7,17,20H,8-11H2. The Morgan fingerprint density at radius 1 is 0.957 bits per heavy atom. The smallest absolute Gasteiger partial charge is 0.387 e. The molecular weight excluding hydrogens is 304 g/mol. The second-order valence-corrected chi connectivity index (χ2v) is 5.03. The summed E-state index contributed by atoms with van der Waals surface area (Å²) in [5, 5.41) is 3.22. The number of hydrogen-bond acceptors (Lipinski definition) is 4. The molecule has 3 rings (SSSR count). The van der Waals surface area contributed by atoms with Gasteiger partial charge in [0.2, 0.25) is 0 Å². The lowest BCUT2D eigenvalue weighted by molar-refractivity contribution is -0.0505. The minimum absolute atomic E-state index is 0.185. The zero-order valence-corrected chi connectivity index (χ0v) is 12.4. The first-order valence-electron chi connectivity index (χ1n) is 7.35. The third kappa shape index (κ3) is 3.90. The Morgan fingerprint density at radius 2 is 1.70 bits per heavy atom. The fourth-order valence-corrected chi connectivity index (χ4v) is 2.47. The third-order valence-corrected chi connectivity index (χ3v) is 3.47. The Kier molecular flexibility index (Phi) is 4.92. The normalized spacial score (nSPS) is 13.2. The molecule has 0 unspecified atom stereocenters. The van der Waals surface area contributed by atoms with Gasteiger partial charge in [-0.15, -0.1) is 0 Å². The number of rotatable bonds is 6. The van der Waals surface area contributed by atoms with E-state index in [1.54, 1.807) is 18.2 Å². The fraction of sp³-hybridized carbons (Fsp3) is 0.294. The molecular formula is C17H17F2NO3. The summed E-state index contributed by atoms with van der Waals surface area (Å²) in [5.41, 5.74) is 1.64. The molecule has 1 aliphatic heterocycles. The van der Waals surface area contributed by atoms with E-state index in [1.165, 1.54) is 6.07 Å². The number of fused-ring (bicyclic) bond motifs is 1. The van der Waals surface area contributed by atoms with Gasteiger partial charge in [-0.1, -0.05) is 30.3 Å². The predicted molar refractivity (Wildman–Crippen MR) is 81.0 cm³/mol. The summed E-state index contributed by atoms with van der Waals surface area (Å²) in [6.07, 6.45) is 0. The van der Waals surface area contributed by atoms with E-state index in [1.807, 2.05) is 18.2 Å². The van der Waals surface area contributed by atoms with E-state index in [0.717, 1.165) is 17.1 Å². The van der Waals surface area contributed by atoms with Crippen LogP contribution in [0.25, 0.3) is 0 Å². The first-order valence-corrected chi connectivity index (χ1v) is 7.35. The summed E-state index contributed by atoms with van der Waals surface area (Å²) >= 11 is 0. The average molecular weight is 321 g/mol. The Morgan fingerprint density at radius 3 is 2.57 bits per heavy atom. The maximum atomic E-state index is 12.4. The maximum Gasteiger partial charge on any atom is 0.387 e. The Labute approximate surface area is 133 Å². The van der Waals surface area contributed by atoms with Crippen molar-refractivity contribution in [3.05, 3.63) is 53.6 Å². The van der Waals surface area contributed by atoms with Gasteiger partial charge in [-0.05, 0) is 12.1 Å². The minimum Gasteiger partial charge on any atom is -0.486 e. The molecule has 0 spiro atoms. The monoisotopic (exact) mass is 321 g/mol. The van der Waals surface area contributed by atoms with Crippen LogP contribution < -0.4 is 19.5 Å². The molecule has 23 heavy (non-hydrogen) atoms. The molecule has 2 aromatic rings. The molecule has 1 N–H and O–H groups in total. The predicted octanol–water partition coefficient (Wildman–Crippen LogP) is 3.35. The van der Waals surface area contributed by atoms with Crippen molar-refractivity contribution in [2.24, 2.45) is 0 Å². The van der Waals surface area contributed by atoms with Crippen molar-refractivity contribution in [3.8, 4) is 17.2 Å². The van der Waals surface area contributed by atoms with E-state index in [-0.39, 0.29) is 5.75 Å². The molecule has 122 valence electrons. The fourth-order valence-electron chi connectivity index (χ4n) is 2.47. The largest absolute Gasteiger partial charge is 0.486 e. The van der Waals surface area contributed by atoms with Gasteiger partial charge in [0.15, 0.2) is 11.5 Å². The Balaban J connectivity index is 1.64. The van der Waals surface area contributed by atoms with Gasteiger partial charge in [0.25, 0.3) is 0 Å². The number of nitrogens with one attached hydrogen (secondary N) is 1. The Bertz CT molecular complexity index is 664. The van der Waals surface area contributed by atoms with Crippen LogP contribution in [0.4, 0.5) is 8.78 Å². The third-order valence-electron chi connectivity index (χ3n) is 3.47. The summed E-state index contributed by atoms with van der Waals surface area (Å²) in [6.45, 7) is -0.817. The van der Waals surface area contributed by atoms with Crippen molar-refractivity contribution in [1.29, 1.82) is 0 Å². The van der Waals surface area contributed by atoms with Gasteiger partial charge in [0.05, 0.1) is 0 Å². The molecule has 6 heteroatoms. The highest BCUT2D eigenvalue weighted by Crippen LogP contribution is 2.33. The zero-order valence-electron chi connectivity index (χ0n) is 12.4. The molecule has 0 atom stereocenters. The van der Waals surface area contributed by atoms with E-state index in [0.29, 0.717) is 31.9 Å². The highest BCUT2D eigenvalue weighted by molar-refractivity contribution is 5.47. The van der Waals surface area contributed by atoms with Crippen molar-refractivity contribution in [2.75, 3.05) is 13.2 Å². The lowest BCUT2D eigenvalue weighted by Crippen LogP contribution is -2.19. The Hall–Kier alpha value is -2.34. The molecule has 0 fully saturated rings. The molecule has 0 amide bonds. The molecule has 0 radical (unpaired) electrons. The highest BCUT2D eigenvalue weighted by atomic mass is 19.3. The summed E-state index contributed by atoms with van der Waals surface area (Å²) in [4.78, 5) is 0. The van der Waals surface area contributed by atoms with Crippen LogP contribution in [-0.4, -0.2) is 19.8 Å². The number of alkyl halides is 2. The molecule has 4 nitrogen and oxygen atoms in total. The summed E-state index contributed by atoms with van der Waals surface area (Å²) in [5.74, 6) is 1.66. The van der Waals surface area contributed by atoms with Crippen molar-refractivity contribution >= 4 is 0 Å². The van der Waals surface area contributed by atoms with Crippen LogP contribution in [0.5, 0.6) is 17.2 Å². The second-order valence-electron chi connectivity index (χ2n) is 5.03. The van der Waals surface area contributed by atoms with Gasteiger partial charge in [-0.2, -0.15) is 8.78 Å². The van der Waals surface area contributed by atoms with Gasteiger partial charge in [0.1, 0.15) is 19.0 Å². The first kappa shape index (κ1) is 15.6. The van der Waals surface area contributed by atoms with Crippen molar-refractivity contribution in [1.82, 2.24) is 5.32 Å². The topological polar surface area (TPSA) is 39.7 Å². The number of benzene rings is 2. The molecule has 0 aliphatic carbocycles. The molecule has 1 aliphatic rings. The summed E-state index contributed by atoms with van der Waals surface area (Å²) in [6, 6.07) is 12.5. The van der Waals surface area contributed by atoms with Crippen LogP contribution in [0.2, 0.25) is 0 Å². The second kappa shape index (κ2) is 7.28. The molecule has 0 bridgehead atoms. The summed E-state index contributed by atoms with van der Waals surface area (Å²) in [7, 11) is 0. The zero-order chi connectivity index (χ0) is 16.1. The van der Waals surface area contributed by atoms with Gasteiger partial charge in [0, 0.05) is 24.2 Å². The van der Waals surface area contributed by atoms with E-state index in [2.05, 4.69) is 10.1 Å². The van der Waals surface area contributed by atoms with Gasteiger partial charge < -0.3 is 19.5 Å². The summed E-state index contributed by atoms with van der Waals surface area (Å²) < 4.78 is 40.5. The van der Waals surface area contributed by atoms with E-state index >= 15 is 0 Å². The molecule has 2 aromatic carbocycles. The van der Waals surface area contributed by atoms with Crippen LogP contribution in [-0.2, 0) is 13.1 Å². The van der Waals surface area contributed by atoms with Crippen LogP contribution in [0.3, 0.4) is 0 Å². The minimum atomic E-state index is -2.83. The maximum absolute atomic E-state index is 12.4. The van der Waals surface area contributed by atoms with Gasteiger partial charge >= 0.3 is 6.61 Å². The number of para-hydroxylation sites is 2. The van der Waals surface area contributed by atoms with Crippen molar-refractivity contribution in [3.63, 3.8) is 0 Å². The molecule has 0 aromatic heterocycles. The quantitative estimate of drug-likeness (QED) is 0.886. The highest BCUT2D eigenvalue weighted by Gasteiger charge is 2.15. The van der Waals surface area contributed by atoms with E-state index in [4.69, 9.17) is 9.47 Å². The van der Waals surface area contributed by atoms with Crippen LogP contribution in [0, 0.1) is 0 Å². The van der Waals surface area contributed by atoms with Gasteiger partial charge in [-0.3, -0.25) is 0 Å². The molecule has 0 saturated carbocycles. The van der Waals surface area contributed by atoms with Crippen molar-refractivity contribution < 1.29 is 23.0 Å². The number of ether oxygens (including phenoxy) is 3. The van der Waals surface area contributed by atoms with Crippen LogP contribution in [0.1, 0.15) is 11.1 Å². The van der Waals surface area contributed by atoms with Gasteiger partial charge in [-0.25, -0.2) is 0 Å². The van der Waals surface area contributed by atoms with Crippen LogP contribution in [0.15, 0.2) is 42.5 Å². The molecule has 0 saturated heterocycles. The average Bonchev–Trinajstić information content (AvgIpc) is 2.56. The van der Waals surface area contributed by atoms with E-state index in [9.17, 15) is 8.78 Å². The molecule has 1 heterocycles. The first-order chi connectivity index (χ1) is 11.2. The van der Waals surface area contributed by atoms with E-state index < -0.39 is 6.61 Å². The lowest BCUT2D eigenvalue weighted by atomic mass is 10.1.